The average Bonchev–Trinajstić information content (AvgIpc) is 3.17. The number of methoxy groups -OCH3 is 1. The van der Waals surface area contributed by atoms with Crippen LogP contribution >= 0.6 is 0 Å². The van der Waals surface area contributed by atoms with Gasteiger partial charge in [0.1, 0.15) is 5.54 Å². The van der Waals surface area contributed by atoms with Crippen LogP contribution in [0.1, 0.15) is 39.5 Å². The summed E-state index contributed by atoms with van der Waals surface area (Å²) in [6.07, 6.45) is 4.92. The van der Waals surface area contributed by atoms with Crippen LogP contribution in [0, 0.1) is 0 Å². The lowest BCUT2D eigenvalue weighted by Crippen LogP contribution is -2.56. The van der Waals surface area contributed by atoms with E-state index >= 15 is 0 Å². The first-order valence-corrected chi connectivity index (χ1v) is 6.58. The Morgan fingerprint density at radius 1 is 1.53 bits per heavy atom. The van der Waals surface area contributed by atoms with Crippen LogP contribution in [-0.4, -0.2) is 49.7 Å². The van der Waals surface area contributed by atoms with E-state index in [0.717, 1.165) is 13.1 Å². The summed E-state index contributed by atoms with van der Waals surface area (Å²) in [7, 11) is 3.27. The second-order valence-corrected chi connectivity index (χ2v) is 5.13. The number of hydrogen-bond donors (Lipinski definition) is 1. The molecule has 4 heteroatoms. The van der Waals surface area contributed by atoms with Gasteiger partial charge in [-0.15, -0.1) is 0 Å². The Labute approximate surface area is 105 Å². The Morgan fingerprint density at radius 3 is 2.59 bits per heavy atom. The first-order valence-electron chi connectivity index (χ1n) is 6.58. The lowest BCUT2D eigenvalue weighted by atomic mass is 10.0. The zero-order valence-electron chi connectivity index (χ0n) is 11.6. The molecule has 0 aromatic heterocycles. The van der Waals surface area contributed by atoms with E-state index < -0.39 is 5.54 Å². The minimum absolute atomic E-state index is 0.179. The highest BCUT2D eigenvalue weighted by molar-refractivity contribution is 5.80. The third kappa shape index (κ3) is 3.96. The molecule has 1 aliphatic carbocycles. The van der Waals surface area contributed by atoms with Gasteiger partial charge in [0.15, 0.2) is 0 Å². The van der Waals surface area contributed by atoms with Crippen molar-refractivity contribution in [1.82, 2.24) is 10.2 Å². The molecule has 0 saturated heterocycles. The highest BCUT2D eigenvalue weighted by Gasteiger charge is 2.39. The van der Waals surface area contributed by atoms with E-state index in [4.69, 9.17) is 4.74 Å². The second kappa shape index (κ2) is 6.36. The van der Waals surface area contributed by atoms with Crippen LogP contribution in [0.5, 0.6) is 0 Å². The summed E-state index contributed by atoms with van der Waals surface area (Å²) < 4.78 is 4.88. The monoisotopic (exact) mass is 242 g/mol. The van der Waals surface area contributed by atoms with Gasteiger partial charge in [-0.05, 0) is 39.8 Å². The van der Waals surface area contributed by atoms with Crippen molar-refractivity contribution in [3.8, 4) is 0 Å². The number of rotatable bonds is 8. The van der Waals surface area contributed by atoms with Gasteiger partial charge in [-0.2, -0.15) is 0 Å². The van der Waals surface area contributed by atoms with Gasteiger partial charge >= 0.3 is 5.97 Å². The molecule has 100 valence electrons. The normalized spacial score (nSPS) is 19.1. The molecule has 0 spiro atoms. The smallest absolute Gasteiger partial charge is 0.327 e. The molecule has 0 aromatic carbocycles. The van der Waals surface area contributed by atoms with E-state index in [1.807, 2.05) is 14.0 Å². The Bertz CT molecular complexity index is 254. The number of nitrogens with zero attached hydrogens (tertiary/aromatic N) is 1. The molecule has 1 atom stereocenters. The summed E-state index contributed by atoms with van der Waals surface area (Å²) in [5, 5.41) is 3.10. The van der Waals surface area contributed by atoms with Crippen LogP contribution in [0.2, 0.25) is 0 Å². The molecule has 0 aliphatic heterocycles. The molecule has 1 fully saturated rings. The van der Waals surface area contributed by atoms with Gasteiger partial charge in [0.2, 0.25) is 0 Å². The fourth-order valence-electron chi connectivity index (χ4n) is 2.07. The fourth-order valence-corrected chi connectivity index (χ4v) is 2.07. The molecule has 1 aliphatic rings. The van der Waals surface area contributed by atoms with Crippen molar-refractivity contribution in [3.63, 3.8) is 0 Å². The number of likely N-dealkylation sites (N-methyl/N-ethyl adjacent to an activating group) is 1. The second-order valence-electron chi connectivity index (χ2n) is 5.13. The van der Waals surface area contributed by atoms with Crippen LogP contribution in [0.15, 0.2) is 0 Å². The van der Waals surface area contributed by atoms with E-state index in [0.29, 0.717) is 6.04 Å². The van der Waals surface area contributed by atoms with Crippen molar-refractivity contribution in [2.24, 2.45) is 0 Å². The van der Waals surface area contributed by atoms with Gasteiger partial charge in [-0.1, -0.05) is 13.3 Å². The minimum atomic E-state index is -0.592. The Hall–Kier alpha value is -0.610. The molecular formula is C13H26N2O2. The summed E-state index contributed by atoms with van der Waals surface area (Å²) in [6, 6.07) is 0.680. The number of esters is 1. The van der Waals surface area contributed by atoms with Crippen LogP contribution in [0.3, 0.4) is 0 Å². The molecule has 1 saturated carbocycles. The molecule has 4 nitrogen and oxygen atoms in total. The number of carbonyl (C=O) groups excluding carboxylic acids is 1. The van der Waals surface area contributed by atoms with E-state index in [9.17, 15) is 4.79 Å². The van der Waals surface area contributed by atoms with Crippen LogP contribution in [0.25, 0.3) is 0 Å². The van der Waals surface area contributed by atoms with Crippen molar-refractivity contribution in [2.45, 2.75) is 51.1 Å². The topological polar surface area (TPSA) is 41.6 Å². The van der Waals surface area contributed by atoms with E-state index in [-0.39, 0.29) is 5.97 Å². The lowest BCUT2D eigenvalue weighted by molar-refractivity contribution is -0.148. The SMILES string of the molecule is CCCCN(CC(C)(NC)C(=O)OC)C1CC1. The Balaban J connectivity index is 2.59. The largest absolute Gasteiger partial charge is 0.468 e. The Kier molecular flexibility index (Phi) is 5.40. The van der Waals surface area contributed by atoms with Crippen molar-refractivity contribution in [3.05, 3.63) is 0 Å². The van der Waals surface area contributed by atoms with Crippen molar-refractivity contribution in [2.75, 3.05) is 27.2 Å². The zero-order chi connectivity index (χ0) is 12.9. The maximum absolute atomic E-state index is 11.8. The van der Waals surface area contributed by atoms with E-state index in [1.54, 1.807) is 0 Å². The van der Waals surface area contributed by atoms with Crippen LogP contribution in [-0.2, 0) is 9.53 Å². The van der Waals surface area contributed by atoms with E-state index in [2.05, 4.69) is 17.1 Å². The molecule has 0 radical (unpaired) electrons. The molecule has 1 unspecified atom stereocenters. The minimum Gasteiger partial charge on any atom is -0.468 e. The summed E-state index contributed by atoms with van der Waals surface area (Å²) >= 11 is 0. The van der Waals surface area contributed by atoms with Crippen LogP contribution < -0.4 is 5.32 Å². The lowest BCUT2D eigenvalue weighted by Gasteiger charge is -2.33. The molecule has 0 amide bonds. The van der Waals surface area contributed by atoms with Crippen LogP contribution in [0.4, 0.5) is 0 Å². The summed E-state index contributed by atoms with van der Waals surface area (Å²) in [4.78, 5) is 14.2. The maximum atomic E-state index is 11.8. The number of ether oxygens (including phenoxy) is 1. The standard InChI is InChI=1S/C13H26N2O2/c1-5-6-9-15(11-7-8-11)10-13(2,14-3)12(16)17-4/h11,14H,5-10H2,1-4H3. The molecular weight excluding hydrogens is 216 g/mol. The summed E-state index contributed by atoms with van der Waals surface area (Å²) in [5.74, 6) is -0.179. The van der Waals surface area contributed by atoms with Gasteiger partial charge in [0, 0.05) is 12.6 Å². The number of carbonyl (C=O) groups is 1. The van der Waals surface area contributed by atoms with Gasteiger partial charge in [0.05, 0.1) is 7.11 Å². The molecule has 17 heavy (non-hydrogen) atoms. The van der Waals surface area contributed by atoms with Gasteiger partial charge in [-0.3, -0.25) is 9.69 Å². The quantitative estimate of drug-likeness (QED) is 0.653. The van der Waals surface area contributed by atoms with E-state index in [1.165, 1.54) is 32.8 Å². The molecule has 1 N–H and O–H groups in total. The van der Waals surface area contributed by atoms with Gasteiger partial charge in [-0.25, -0.2) is 0 Å². The highest BCUT2D eigenvalue weighted by atomic mass is 16.5. The molecule has 0 heterocycles. The number of nitrogens with one attached hydrogen (secondary N) is 1. The predicted octanol–water partition coefficient (Wildman–Crippen LogP) is 1.40. The summed E-state index contributed by atoms with van der Waals surface area (Å²) in [5.41, 5.74) is -0.592. The molecule has 1 rings (SSSR count). The van der Waals surface area contributed by atoms with Gasteiger partial charge < -0.3 is 10.1 Å². The van der Waals surface area contributed by atoms with Crippen molar-refractivity contribution >= 4 is 5.97 Å². The number of unbranched alkanes of at least 4 members (excludes halogenated alkanes) is 1. The average molecular weight is 242 g/mol. The third-order valence-corrected chi connectivity index (χ3v) is 3.57. The maximum Gasteiger partial charge on any atom is 0.327 e. The molecule has 0 aromatic rings. The predicted molar refractivity (Wildman–Crippen MR) is 69.0 cm³/mol. The summed E-state index contributed by atoms with van der Waals surface area (Å²) in [6.45, 7) is 5.93. The van der Waals surface area contributed by atoms with Gasteiger partial charge in [0.25, 0.3) is 0 Å². The number of hydrogen-bond acceptors (Lipinski definition) is 4. The molecule has 0 bridgehead atoms. The first kappa shape index (κ1) is 14.5. The Morgan fingerprint density at radius 2 is 2.18 bits per heavy atom. The third-order valence-electron chi connectivity index (χ3n) is 3.57. The fraction of sp³-hybridized carbons (Fsp3) is 0.923. The van der Waals surface area contributed by atoms with Crippen molar-refractivity contribution in [1.29, 1.82) is 0 Å². The first-order chi connectivity index (χ1) is 8.07. The zero-order valence-corrected chi connectivity index (χ0v) is 11.6. The van der Waals surface area contributed by atoms with Crippen molar-refractivity contribution < 1.29 is 9.53 Å². The highest BCUT2D eigenvalue weighted by Crippen LogP contribution is 2.28.